The molecule has 0 saturated heterocycles. The molecule has 28 heavy (non-hydrogen) atoms. The predicted molar refractivity (Wildman–Crippen MR) is 109 cm³/mol. The highest BCUT2D eigenvalue weighted by atomic mass is 16.5. The molecule has 0 spiro atoms. The van der Waals surface area contributed by atoms with Gasteiger partial charge in [0.2, 0.25) is 0 Å². The molecule has 0 bridgehead atoms. The lowest BCUT2D eigenvalue weighted by Crippen LogP contribution is -2.30. The number of ketones is 1. The Hall–Kier alpha value is -3.60. The number of aromatic nitrogens is 1. The molecule has 0 amide bonds. The summed E-state index contributed by atoms with van der Waals surface area (Å²) in [6, 6.07) is 20.7. The molecule has 5 heteroatoms. The summed E-state index contributed by atoms with van der Waals surface area (Å²) in [6.45, 7) is 0.258. The summed E-state index contributed by atoms with van der Waals surface area (Å²) in [5, 5.41) is 10.8. The number of hydrogen-bond acceptors (Lipinski definition) is 5. The van der Waals surface area contributed by atoms with Gasteiger partial charge in [0.1, 0.15) is 17.3 Å². The number of aliphatic hydroxyl groups is 1. The van der Waals surface area contributed by atoms with Crippen molar-refractivity contribution in [2.45, 2.75) is 6.42 Å². The number of Topliss-reactive ketones (excluding diaryl/α,β-unsaturated/α-hetero) is 1. The van der Waals surface area contributed by atoms with Gasteiger partial charge < -0.3 is 14.7 Å². The first-order valence-corrected chi connectivity index (χ1v) is 9.04. The quantitative estimate of drug-likeness (QED) is 0.723. The Labute approximate surface area is 163 Å². The Morgan fingerprint density at radius 3 is 2.61 bits per heavy atom. The normalized spacial score (nSPS) is 13.2. The number of rotatable bonds is 5. The number of pyridine rings is 1. The molecule has 140 valence electrons. The van der Waals surface area contributed by atoms with Gasteiger partial charge in [0.05, 0.1) is 24.8 Å². The zero-order valence-electron chi connectivity index (χ0n) is 15.5. The number of ether oxygens (including phenoxy) is 1. The van der Waals surface area contributed by atoms with Crippen LogP contribution in [0.25, 0.3) is 5.76 Å². The van der Waals surface area contributed by atoms with E-state index in [1.54, 1.807) is 25.4 Å². The van der Waals surface area contributed by atoms with Crippen molar-refractivity contribution < 1.29 is 14.6 Å². The van der Waals surface area contributed by atoms with Gasteiger partial charge in [-0.25, -0.2) is 4.98 Å². The van der Waals surface area contributed by atoms with Crippen LogP contribution in [-0.4, -0.2) is 29.5 Å². The second-order valence-electron chi connectivity index (χ2n) is 6.54. The number of aliphatic hydroxyl groups excluding tert-OH is 1. The number of fused-ring (bicyclic) bond motifs is 1. The lowest BCUT2D eigenvalue weighted by Gasteiger charge is -2.31. The molecule has 2 heterocycles. The first-order chi connectivity index (χ1) is 13.7. The zero-order valence-corrected chi connectivity index (χ0v) is 15.5. The van der Waals surface area contributed by atoms with Gasteiger partial charge in [0, 0.05) is 23.9 Å². The summed E-state index contributed by atoms with van der Waals surface area (Å²) < 4.78 is 5.36. The Kier molecular flexibility index (Phi) is 4.81. The molecule has 3 aromatic rings. The van der Waals surface area contributed by atoms with Gasteiger partial charge >= 0.3 is 0 Å². The maximum atomic E-state index is 13.1. The van der Waals surface area contributed by atoms with Gasteiger partial charge in [-0.2, -0.15) is 0 Å². The van der Waals surface area contributed by atoms with E-state index in [0.717, 1.165) is 11.3 Å². The van der Waals surface area contributed by atoms with Crippen molar-refractivity contribution in [2.75, 3.05) is 18.6 Å². The van der Waals surface area contributed by atoms with Crippen LogP contribution in [0.5, 0.6) is 5.75 Å². The van der Waals surface area contributed by atoms with Crippen molar-refractivity contribution >= 4 is 23.0 Å². The molecule has 1 aliphatic rings. The van der Waals surface area contributed by atoms with Crippen molar-refractivity contribution in [3.63, 3.8) is 0 Å². The monoisotopic (exact) mass is 372 g/mol. The number of nitrogens with zero attached hydrogens (tertiary/aromatic N) is 2. The van der Waals surface area contributed by atoms with Gasteiger partial charge in [-0.05, 0) is 30.3 Å². The van der Waals surface area contributed by atoms with E-state index in [1.165, 1.54) is 0 Å². The lowest BCUT2D eigenvalue weighted by molar-refractivity contribution is -0.115. The highest BCUT2D eigenvalue weighted by Crippen LogP contribution is 2.37. The summed E-state index contributed by atoms with van der Waals surface area (Å²) in [4.78, 5) is 19.5. The minimum atomic E-state index is -0.141. The first-order valence-electron chi connectivity index (χ1n) is 9.04. The van der Waals surface area contributed by atoms with Gasteiger partial charge in [-0.15, -0.1) is 0 Å². The van der Waals surface area contributed by atoms with E-state index >= 15 is 0 Å². The third-order valence-corrected chi connectivity index (χ3v) is 4.85. The molecule has 0 atom stereocenters. The highest BCUT2D eigenvalue weighted by molar-refractivity contribution is 6.06. The van der Waals surface area contributed by atoms with Gasteiger partial charge in [0.25, 0.3) is 0 Å². The standard InChI is InChI=1S/C23H20N2O3/c1-28-21-12-6-5-8-16(21)14-20(26)19-15-25(17-9-3-2-4-10-17)23-18(22(19)27)11-7-13-24-23/h2-13,27H,14-15H2,1H3. The van der Waals surface area contributed by atoms with Crippen LogP contribution in [0.2, 0.25) is 0 Å². The lowest BCUT2D eigenvalue weighted by atomic mass is 9.95. The van der Waals surface area contributed by atoms with E-state index in [1.807, 2.05) is 59.5 Å². The summed E-state index contributed by atoms with van der Waals surface area (Å²) in [5.74, 6) is 1.15. The maximum Gasteiger partial charge on any atom is 0.168 e. The second kappa shape index (κ2) is 7.56. The number of hydrogen-bond donors (Lipinski definition) is 1. The van der Waals surface area contributed by atoms with Crippen LogP contribution in [0, 0.1) is 0 Å². The molecule has 4 rings (SSSR count). The average Bonchev–Trinajstić information content (AvgIpc) is 2.75. The zero-order chi connectivity index (χ0) is 19.5. The van der Waals surface area contributed by atoms with E-state index < -0.39 is 0 Å². The van der Waals surface area contributed by atoms with Gasteiger partial charge in [0.15, 0.2) is 5.78 Å². The molecule has 0 radical (unpaired) electrons. The second-order valence-corrected chi connectivity index (χ2v) is 6.54. The molecule has 0 saturated carbocycles. The van der Waals surface area contributed by atoms with Crippen molar-refractivity contribution in [3.05, 3.63) is 89.6 Å². The number of carbonyl (C=O) groups is 1. The van der Waals surface area contributed by atoms with Crippen LogP contribution in [0.15, 0.2) is 78.5 Å². The van der Waals surface area contributed by atoms with Gasteiger partial charge in [-0.1, -0.05) is 36.4 Å². The van der Waals surface area contributed by atoms with Crippen molar-refractivity contribution in [3.8, 4) is 5.75 Å². The van der Waals surface area contributed by atoms with E-state index in [4.69, 9.17) is 4.74 Å². The third-order valence-electron chi connectivity index (χ3n) is 4.85. The first kappa shape index (κ1) is 17.8. The highest BCUT2D eigenvalue weighted by Gasteiger charge is 2.30. The Morgan fingerprint density at radius 2 is 1.82 bits per heavy atom. The van der Waals surface area contributed by atoms with Crippen LogP contribution in [0.1, 0.15) is 11.1 Å². The Balaban J connectivity index is 1.73. The third kappa shape index (κ3) is 3.22. The number of anilines is 2. The number of methoxy groups -OCH3 is 1. The predicted octanol–water partition coefficient (Wildman–Crippen LogP) is 4.32. The van der Waals surface area contributed by atoms with E-state index in [-0.39, 0.29) is 24.5 Å². The van der Waals surface area contributed by atoms with Crippen molar-refractivity contribution in [2.24, 2.45) is 0 Å². The minimum Gasteiger partial charge on any atom is -0.507 e. The van der Waals surface area contributed by atoms with E-state index in [2.05, 4.69) is 4.98 Å². The molecule has 1 aromatic heterocycles. The Bertz CT molecular complexity index is 1040. The summed E-state index contributed by atoms with van der Waals surface area (Å²) in [7, 11) is 1.58. The average molecular weight is 372 g/mol. The topological polar surface area (TPSA) is 62.7 Å². The van der Waals surface area contributed by atoms with Crippen LogP contribution in [0.4, 0.5) is 11.5 Å². The molecular formula is C23H20N2O3. The smallest absolute Gasteiger partial charge is 0.168 e. The SMILES string of the molecule is COc1ccccc1CC(=O)C1=C(O)c2cccnc2N(c2ccccc2)C1. The molecule has 1 N–H and O–H groups in total. The molecular weight excluding hydrogens is 352 g/mol. The van der Waals surface area contributed by atoms with Crippen LogP contribution in [-0.2, 0) is 11.2 Å². The number of para-hydroxylation sites is 2. The number of benzene rings is 2. The Morgan fingerprint density at radius 1 is 1.07 bits per heavy atom. The van der Waals surface area contributed by atoms with Crippen LogP contribution < -0.4 is 9.64 Å². The molecule has 5 nitrogen and oxygen atoms in total. The van der Waals surface area contributed by atoms with Crippen LogP contribution in [0.3, 0.4) is 0 Å². The van der Waals surface area contributed by atoms with Gasteiger partial charge in [-0.3, -0.25) is 4.79 Å². The number of carbonyl (C=O) groups excluding carboxylic acids is 1. The minimum absolute atomic E-state index is 0.00446. The molecule has 0 fully saturated rings. The van der Waals surface area contributed by atoms with Crippen LogP contribution >= 0.6 is 0 Å². The summed E-state index contributed by atoms with van der Waals surface area (Å²) in [5.41, 5.74) is 2.63. The van der Waals surface area contributed by atoms with E-state index in [0.29, 0.717) is 22.7 Å². The molecule has 0 unspecified atom stereocenters. The largest absolute Gasteiger partial charge is 0.507 e. The maximum absolute atomic E-state index is 13.1. The fourth-order valence-electron chi connectivity index (χ4n) is 3.44. The fraction of sp³-hybridized carbons (Fsp3) is 0.130. The summed E-state index contributed by atoms with van der Waals surface area (Å²) in [6.07, 6.45) is 1.84. The molecule has 1 aliphatic heterocycles. The molecule has 0 aliphatic carbocycles. The van der Waals surface area contributed by atoms with Crippen molar-refractivity contribution in [1.29, 1.82) is 0 Å². The van der Waals surface area contributed by atoms with Crippen molar-refractivity contribution in [1.82, 2.24) is 4.98 Å². The fourth-order valence-corrected chi connectivity index (χ4v) is 3.44. The molecule has 2 aromatic carbocycles. The summed E-state index contributed by atoms with van der Waals surface area (Å²) >= 11 is 0. The van der Waals surface area contributed by atoms with E-state index in [9.17, 15) is 9.90 Å².